The third-order valence-electron chi connectivity index (χ3n) is 6.50. The van der Waals surface area contributed by atoms with Gasteiger partial charge in [-0.05, 0) is 28.7 Å². The first-order valence-corrected chi connectivity index (χ1v) is 9.55. The molecule has 2 fully saturated rings. The topological polar surface area (TPSA) is 66.8 Å². The predicted molar refractivity (Wildman–Crippen MR) is 99.8 cm³/mol. The van der Waals surface area contributed by atoms with Crippen LogP contribution in [0, 0.1) is 5.41 Å². The molecule has 7 heteroatoms. The standard InChI is InChI=1S/C22H19F2NO4/c23-22(24)11-21(22)9-18(19(26)27)25(12-21)20(28)29-10-17-15-7-3-1-5-13(15)14-6-2-4-8-16(14)17/h1-8,17-18H,9-12H2,(H,26,27)/t18-,21-/m0/s1. The number of likely N-dealkylation sites (tertiary alicyclic amines) is 1. The third-order valence-corrected chi connectivity index (χ3v) is 6.50. The molecule has 1 saturated heterocycles. The Morgan fingerprint density at radius 2 is 1.62 bits per heavy atom. The summed E-state index contributed by atoms with van der Waals surface area (Å²) in [7, 11) is 0. The van der Waals surface area contributed by atoms with Gasteiger partial charge in [-0.1, -0.05) is 48.5 Å². The second-order valence-electron chi connectivity index (χ2n) is 8.15. The summed E-state index contributed by atoms with van der Waals surface area (Å²) in [5.41, 5.74) is 2.79. The van der Waals surface area contributed by atoms with Crippen molar-refractivity contribution in [2.45, 2.75) is 30.7 Å². The lowest BCUT2D eigenvalue weighted by Gasteiger charge is -2.22. The van der Waals surface area contributed by atoms with Crippen LogP contribution >= 0.6 is 0 Å². The van der Waals surface area contributed by atoms with Crippen molar-refractivity contribution in [3.8, 4) is 11.1 Å². The minimum absolute atomic E-state index is 0.0269. The molecular formula is C22H19F2NO4. The molecule has 1 spiro atoms. The summed E-state index contributed by atoms with van der Waals surface area (Å²) in [6, 6.07) is 14.4. The van der Waals surface area contributed by atoms with Crippen LogP contribution in [0.25, 0.3) is 11.1 Å². The van der Waals surface area contributed by atoms with Crippen LogP contribution < -0.4 is 0 Å². The number of aliphatic carboxylic acids is 1. The number of nitrogens with zero attached hydrogens (tertiary/aromatic N) is 1. The molecule has 1 amide bonds. The quantitative estimate of drug-likeness (QED) is 0.843. The number of carboxylic acid groups (broad SMARTS) is 1. The number of hydrogen-bond acceptors (Lipinski definition) is 3. The fourth-order valence-corrected chi connectivity index (χ4v) is 4.84. The van der Waals surface area contributed by atoms with Gasteiger partial charge >= 0.3 is 12.1 Å². The summed E-state index contributed by atoms with van der Waals surface area (Å²) in [5, 5.41) is 9.41. The molecule has 5 rings (SSSR count). The van der Waals surface area contributed by atoms with Gasteiger partial charge in [0.25, 0.3) is 5.92 Å². The van der Waals surface area contributed by atoms with Gasteiger partial charge in [0.05, 0.1) is 5.41 Å². The largest absolute Gasteiger partial charge is 0.480 e. The van der Waals surface area contributed by atoms with E-state index in [2.05, 4.69) is 0 Å². The molecule has 2 aromatic rings. The highest BCUT2D eigenvalue weighted by Gasteiger charge is 2.75. The number of fused-ring (bicyclic) bond motifs is 3. The first kappa shape index (κ1) is 18.1. The number of alkyl halides is 2. The number of carbonyl (C=O) groups is 2. The number of rotatable bonds is 3. The highest BCUT2D eigenvalue weighted by atomic mass is 19.3. The normalized spacial score (nSPS) is 26.3. The van der Waals surface area contributed by atoms with E-state index in [4.69, 9.17) is 4.74 Å². The molecule has 2 aliphatic carbocycles. The molecule has 0 radical (unpaired) electrons. The van der Waals surface area contributed by atoms with Crippen molar-refractivity contribution in [3.63, 3.8) is 0 Å². The molecule has 1 heterocycles. The van der Waals surface area contributed by atoms with Crippen molar-refractivity contribution >= 4 is 12.1 Å². The lowest BCUT2D eigenvalue weighted by Crippen LogP contribution is -2.41. The molecule has 2 atom stereocenters. The van der Waals surface area contributed by atoms with Gasteiger partial charge in [-0.15, -0.1) is 0 Å². The van der Waals surface area contributed by atoms with Crippen LogP contribution in [0.5, 0.6) is 0 Å². The molecule has 0 bridgehead atoms. The Morgan fingerprint density at radius 3 is 2.14 bits per heavy atom. The van der Waals surface area contributed by atoms with Gasteiger partial charge in [-0.3, -0.25) is 4.90 Å². The monoisotopic (exact) mass is 399 g/mol. The molecule has 0 unspecified atom stereocenters. The van der Waals surface area contributed by atoms with E-state index < -0.39 is 29.4 Å². The van der Waals surface area contributed by atoms with Crippen molar-refractivity contribution in [3.05, 3.63) is 59.7 Å². The Hall–Kier alpha value is -2.96. The first-order chi connectivity index (χ1) is 13.8. The van der Waals surface area contributed by atoms with Crippen LogP contribution in [-0.4, -0.2) is 47.2 Å². The Kier molecular flexibility index (Phi) is 3.75. The smallest absolute Gasteiger partial charge is 0.410 e. The van der Waals surface area contributed by atoms with Crippen molar-refractivity contribution in [2.75, 3.05) is 13.2 Å². The van der Waals surface area contributed by atoms with Crippen LogP contribution in [0.1, 0.15) is 29.9 Å². The summed E-state index contributed by atoms with van der Waals surface area (Å²) in [5.74, 6) is -4.37. The average molecular weight is 399 g/mol. The van der Waals surface area contributed by atoms with Crippen LogP contribution in [0.2, 0.25) is 0 Å². The average Bonchev–Trinajstić information content (AvgIpc) is 3.00. The van der Waals surface area contributed by atoms with Crippen LogP contribution in [0.4, 0.5) is 13.6 Å². The Balaban J connectivity index is 1.35. The van der Waals surface area contributed by atoms with E-state index in [0.717, 1.165) is 27.2 Å². The zero-order valence-corrected chi connectivity index (χ0v) is 15.5. The van der Waals surface area contributed by atoms with Crippen molar-refractivity contribution in [2.24, 2.45) is 5.41 Å². The summed E-state index contributed by atoms with van der Waals surface area (Å²) >= 11 is 0. The van der Waals surface area contributed by atoms with Gasteiger partial charge < -0.3 is 9.84 Å². The van der Waals surface area contributed by atoms with E-state index in [9.17, 15) is 23.5 Å². The number of benzene rings is 2. The Labute approximate surface area is 165 Å². The van der Waals surface area contributed by atoms with E-state index in [0.29, 0.717) is 0 Å². The fraction of sp³-hybridized carbons (Fsp3) is 0.364. The molecule has 29 heavy (non-hydrogen) atoms. The lowest BCUT2D eigenvalue weighted by molar-refractivity contribution is -0.141. The van der Waals surface area contributed by atoms with E-state index in [1.807, 2.05) is 48.5 Å². The lowest BCUT2D eigenvalue weighted by atomic mass is 9.98. The van der Waals surface area contributed by atoms with Crippen LogP contribution in [0.3, 0.4) is 0 Å². The number of carbonyl (C=O) groups excluding carboxylic acids is 1. The van der Waals surface area contributed by atoms with Gasteiger partial charge in [0.2, 0.25) is 0 Å². The van der Waals surface area contributed by atoms with Crippen molar-refractivity contribution < 1.29 is 28.2 Å². The Bertz CT molecular complexity index is 978. The summed E-state index contributed by atoms with van der Waals surface area (Å²) < 4.78 is 33.0. The van der Waals surface area contributed by atoms with Crippen molar-refractivity contribution in [1.29, 1.82) is 0 Å². The van der Waals surface area contributed by atoms with E-state index >= 15 is 0 Å². The second kappa shape index (κ2) is 6.02. The summed E-state index contributed by atoms with van der Waals surface area (Å²) in [6.07, 6.45) is -1.46. The number of ether oxygens (including phenoxy) is 1. The first-order valence-electron chi connectivity index (χ1n) is 9.55. The maximum absolute atomic E-state index is 13.8. The van der Waals surface area contributed by atoms with Crippen molar-refractivity contribution in [1.82, 2.24) is 4.90 Å². The van der Waals surface area contributed by atoms with Crippen LogP contribution in [-0.2, 0) is 9.53 Å². The number of hydrogen-bond donors (Lipinski definition) is 1. The zero-order valence-electron chi connectivity index (χ0n) is 15.5. The maximum Gasteiger partial charge on any atom is 0.410 e. The van der Waals surface area contributed by atoms with Gasteiger partial charge in [0.1, 0.15) is 12.6 Å². The third kappa shape index (κ3) is 2.63. The summed E-state index contributed by atoms with van der Waals surface area (Å²) in [4.78, 5) is 25.2. The molecular weight excluding hydrogens is 380 g/mol. The van der Waals surface area contributed by atoms with Gasteiger partial charge in [-0.2, -0.15) is 0 Å². The predicted octanol–water partition coefficient (Wildman–Crippen LogP) is 4.12. The number of halogens is 2. The molecule has 150 valence electrons. The SMILES string of the molecule is O=C(O)[C@@H]1C[C@@]2(CN1C(=O)OCC1c3ccccc3-c3ccccc31)CC2(F)F. The highest BCUT2D eigenvalue weighted by Crippen LogP contribution is 2.66. The molecule has 2 aromatic carbocycles. The maximum atomic E-state index is 13.8. The minimum atomic E-state index is -2.92. The van der Waals surface area contributed by atoms with E-state index in [1.165, 1.54) is 0 Å². The molecule has 3 aliphatic rings. The summed E-state index contributed by atoms with van der Waals surface area (Å²) in [6.45, 7) is -0.257. The molecule has 5 nitrogen and oxygen atoms in total. The molecule has 1 N–H and O–H groups in total. The molecule has 0 aromatic heterocycles. The van der Waals surface area contributed by atoms with E-state index in [1.54, 1.807) is 0 Å². The second-order valence-corrected chi connectivity index (χ2v) is 8.15. The zero-order chi connectivity index (χ0) is 20.4. The van der Waals surface area contributed by atoms with Crippen LogP contribution in [0.15, 0.2) is 48.5 Å². The minimum Gasteiger partial charge on any atom is -0.480 e. The van der Waals surface area contributed by atoms with Gasteiger partial charge in [-0.25, -0.2) is 18.4 Å². The van der Waals surface area contributed by atoms with Gasteiger partial charge in [0, 0.05) is 18.9 Å². The van der Waals surface area contributed by atoms with E-state index in [-0.39, 0.29) is 31.9 Å². The Morgan fingerprint density at radius 1 is 1.07 bits per heavy atom. The highest BCUT2D eigenvalue weighted by molar-refractivity contribution is 5.82. The molecule has 1 aliphatic heterocycles. The molecule has 1 saturated carbocycles. The van der Waals surface area contributed by atoms with Gasteiger partial charge in [0.15, 0.2) is 0 Å². The number of carboxylic acids is 1. The number of amides is 1. The fourth-order valence-electron chi connectivity index (χ4n) is 4.84.